The number of nitrogens with zero attached hydrogens (tertiary/aromatic N) is 3. The van der Waals surface area contributed by atoms with Crippen molar-refractivity contribution in [2.24, 2.45) is 0 Å². The first-order valence-electron chi connectivity index (χ1n) is 7.66. The number of carbonyl (C=O) groups is 3. The largest absolute Gasteiger partial charge is 0.326 e. The fraction of sp³-hybridized carbons (Fsp3) is 0.375. The van der Waals surface area contributed by atoms with Crippen LogP contribution < -0.4 is 5.32 Å². The molecule has 1 aliphatic heterocycles. The minimum absolute atomic E-state index is 0.110. The Morgan fingerprint density at radius 3 is 2.88 bits per heavy atom. The smallest absolute Gasteiger partial charge is 0.326 e. The number of thiazole rings is 1. The molecule has 126 valence electrons. The van der Waals surface area contributed by atoms with Gasteiger partial charge in [0.2, 0.25) is 11.8 Å². The van der Waals surface area contributed by atoms with Gasteiger partial charge in [-0.05, 0) is 31.5 Å². The number of amides is 4. The Morgan fingerprint density at radius 1 is 1.38 bits per heavy atom. The molecule has 0 atom stereocenters. The molecule has 3 rings (SSSR count). The van der Waals surface area contributed by atoms with Gasteiger partial charge in [0, 0.05) is 25.7 Å². The summed E-state index contributed by atoms with van der Waals surface area (Å²) in [6.45, 7) is 2.32. The first-order valence-corrected chi connectivity index (χ1v) is 8.48. The molecule has 0 aliphatic carbocycles. The van der Waals surface area contributed by atoms with Crippen molar-refractivity contribution in [1.29, 1.82) is 0 Å². The molecule has 1 N–H and O–H groups in total. The fourth-order valence-corrected chi connectivity index (χ4v) is 3.49. The van der Waals surface area contributed by atoms with Crippen LogP contribution in [0.1, 0.15) is 17.8 Å². The summed E-state index contributed by atoms with van der Waals surface area (Å²) in [6, 6.07) is 5.31. The number of benzene rings is 1. The zero-order chi connectivity index (χ0) is 17.3. The number of hydrogen-bond donors (Lipinski definition) is 1. The molecule has 0 radical (unpaired) electrons. The van der Waals surface area contributed by atoms with E-state index in [9.17, 15) is 14.4 Å². The van der Waals surface area contributed by atoms with Gasteiger partial charge in [-0.3, -0.25) is 14.5 Å². The topological polar surface area (TPSA) is 82.6 Å². The zero-order valence-corrected chi connectivity index (χ0v) is 14.4. The maximum Gasteiger partial charge on any atom is 0.326 e. The van der Waals surface area contributed by atoms with Crippen LogP contribution in [-0.4, -0.2) is 52.8 Å². The van der Waals surface area contributed by atoms with Crippen LogP contribution >= 0.6 is 11.3 Å². The third-order valence-corrected chi connectivity index (χ3v) is 4.73. The van der Waals surface area contributed by atoms with E-state index in [4.69, 9.17) is 0 Å². The first kappa shape index (κ1) is 16.4. The second kappa shape index (κ2) is 6.56. The number of anilines is 1. The van der Waals surface area contributed by atoms with Crippen molar-refractivity contribution in [3.8, 4) is 0 Å². The van der Waals surface area contributed by atoms with E-state index in [0.717, 1.165) is 20.9 Å². The molecule has 2 aromatic rings. The van der Waals surface area contributed by atoms with Crippen LogP contribution in [0.2, 0.25) is 0 Å². The summed E-state index contributed by atoms with van der Waals surface area (Å²) in [5.41, 5.74) is 1.65. The number of aryl methyl sites for hydroxylation is 1. The molecule has 0 saturated carbocycles. The lowest BCUT2D eigenvalue weighted by Gasteiger charge is -2.13. The average molecular weight is 346 g/mol. The zero-order valence-electron chi connectivity index (χ0n) is 13.5. The van der Waals surface area contributed by atoms with Crippen LogP contribution in [0.4, 0.5) is 10.5 Å². The quantitative estimate of drug-likeness (QED) is 0.842. The van der Waals surface area contributed by atoms with E-state index in [1.807, 2.05) is 25.1 Å². The highest BCUT2D eigenvalue weighted by Gasteiger charge is 2.32. The summed E-state index contributed by atoms with van der Waals surface area (Å²) in [4.78, 5) is 42.4. The molecule has 7 nitrogen and oxygen atoms in total. The molecule has 2 heterocycles. The molecule has 1 aliphatic rings. The number of urea groups is 1. The number of carbonyl (C=O) groups excluding carboxylic acids is 3. The van der Waals surface area contributed by atoms with Gasteiger partial charge in [0.25, 0.3) is 0 Å². The lowest BCUT2D eigenvalue weighted by Crippen LogP contribution is -2.32. The first-order chi connectivity index (χ1) is 11.4. The van der Waals surface area contributed by atoms with E-state index in [0.29, 0.717) is 6.42 Å². The van der Waals surface area contributed by atoms with Gasteiger partial charge in [-0.1, -0.05) is 0 Å². The van der Waals surface area contributed by atoms with Gasteiger partial charge >= 0.3 is 6.03 Å². The molecule has 0 bridgehead atoms. The highest BCUT2D eigenvalue weighted by molar-refractivity contribution is 7.18. The van der Waals surface area contributed by atoms with Crippen molar-refractivity contribution in [2.75, 3.05) is 25.5 Å². The second-order valence-corrected chi connectivity index (χ2v) is 6.99. The van der Waals surface area contributed by atoms with Crippen molar-refractivity contribution in [3.05, 3.63) is 23.2 Å². The summed E-state index contributed by atoms with van der Waals surface area (Å²) < 4.78 is 1.03. The highest BCUT2D eigenvalue weighted by Crippen LogP contribution is 2.24. The Morgan fingerprint density at radius 2 is 2.17 bits per heavy atom. The Kier molecular flexibility index (Phi) is 4.48. The standard InChI is InChI=1S/C16H18N4O3S/c1-10-17-12-6-5-11(8-13(12)24-10)18-14(21)4-3-7-20-15(22)9-19(2)16(20)23/h5-6,8H,3-4,7,9H2,1-2H3,(H,18,21). The maximum absolute atomic E-state index is 12.0. The third kappa shape index (κ3) is 3.38. The number of rotatable bonds is 5. The molecule has 24 heavy (non-hydrogen) atoms. The molecule has 1 aromatic heterocycles. The van der Waals surface area contributed by atoms with E-state index in [1.165, 1.54) is 9.80 Å². The van der Waals surface area contributed by atoms with Gasteiger partial charge in [-0.2, -0.15) is 0 Å². The SMILES string of the molecule is Cc1nc2ccc(NC(=O)CCCN3C(=O)CN(C)C3=O)cc2s1. The van der Waals surface area contributed by atoms with Crippen LogP contribution in [0.5, 0.6) is 0 Å². The number of hydrogen-bond acceptors (Lipinski definition) is 5. The number of likely N-dealkylation sites (N-methyl/N-ethyl adjacent to an activating group) is 1. The van der Waals surface area contributed by atoms with Crippen LogP contribution in [0.15, 0.2) is 18.2 Å². The molecule has 1 fully saturated rings. The minimum atomic E-state index is -0.300. The van der Waals surface area contributed by atoms with Crippen molar-refractivity contribution in [3.63, 3.8) is 0 Å². The molecular formula is C16H18N4O3S. The predicted molar refractivity (Wildman–Crippen MR) is 92.0 cm³/mol. The maximum atomic E-state index is 12.0. The van der Waals surface area contributed by atoms with Crippen molar-refractivity contribution < 1.29 is 14.4 Å². The van der Waals surface area contributed by atoms with E-state index >= 15 is 0 Å². The molecule has 1 saturated heterocycles. The molecule has 0 spiro atoms. The number of nitrogens with one attached hydrogen (secondary N) is 1. The van der Waals surface area contributed by atoms with Gasteiger partial charge in [0.15, 0.2) is 0 Å². The van der Waals surface area contributed by atoms with Gasteiger partial charge < -0.3 is 10.2 Å². The highest BCUT2D eigenvalue weighted by atomic mass is 32.1. The normalized spacial score (nSPS) is 14.8. The Balaban J connectivity index is 1.51. The van der Waals surface area contributed by atoms with E-state index in [-0.39, 0.29) is 37.4 Å². The van der Waals surface area contributed by atoms with Gasteiger partial charge in [0.05, 0.1) is 15.2 Å². The molecular weight excluding hydrogens is 328 g/mol. The average Bonchev–Trinajstić information content (AvgIpc) is 3.00. The molecule has 0 unspecified atom stereocenters. The molecule has 4 amide bonds. The summed E-state index contributed by atoms with van der Waals surface area (Å²) in [5, 5.41) is 3.83. The van der Waals surface area contributed by atoms with Gasteiger partial charge in [-0.15, -0.1) is 11.3 Å². The van der Waals surface area contributed by atoms with Crippen molar-refractivity contribution >= 4 is 45.1 Å². The fourth-order valence-electron chi connectivity index (χ4n) is 2.63. The van der Waals surface area contributed by atoms with E-state index in [1.54, 1.807) is 18.4 Å². The van der Waals surface area contributed by atoms with Crippen LogP contribution in [-0.2, 0) is 9.59 Å². The minimum Gasteiger partial charge on any atom is -0.326 e. The number of imide groups is 1. The van der Waals surface area contributed by atoms with Crippen molar-refractivity contribution in [1.82, 2.24) is 14.8 Å². The van der Waals surface area contributed by atoms with E-state index < -0.39 is 0 Å². The number of fused-ring (bicyclic) bond motifs is 1. The summed E-state index contributed by atoms with van der Waals surface area (Å²) >= 11 is 1.58. The second-order valence-electron chi connectivity index (χ2n) is 5.75. The Bertz CT molecular complexity index is 817. The summed E-state index contributed by atoms with van der Waals surface area (Å²) in [6.07, 6.45) is 0.694. The van der Waals surface area contributed by atoms with Crippen LogP contribution in [0, 0.1) is 6.92 Å². The van der Waals surface area contributed by atoms with Gasteiger partial charge in [0.1, 0.15) is 6.54 Å². The van der Waals surface area contributed by atoms with Crippen molar-refractivity contribution in [2.45, 2.75) is 19.8 Å². The summed E-state index contributed by atoms with van der Waals surface area (Å²) in [5.74, 6) is -0.350. The third-order valence-electron chi connectivity index (χ3n) is 3.80. The van der Waals surface area contributed by atoms with E-state index in [2.05, 4.69) is 10.3 Å². The number of aromatic nitrogens is 1. The van der Waals surface area contributed by atoms with Crippen LogP contribution in [0.3, 0.4) is 0 Å². The van der Waals surface area contributed by atoms with Crippen LogP contribution in [0.25, 0.3) is 10.2 Å². The lowest BCUT2D eigenvalue weighted by molar-refractivity contribution is -0.125. The molecule has 1 aromatic carbocycles. The molecule has 8 heteroatoms. The lowest BCUT2D eigenvalue weighted by atomic mass is 10.2. The van der Waals surface area contributed by atoms with Gasteiger partial charge in [-0.25, -0.2) is 9.78 Å². The monoisotopic (exact) mass is 346 g/mol. The Hall–Kier alpha value is -2.48. The Labute approximate surface area is 143 Å². The summed E-state index contributed by atoms with van der Waals surface area (Å²) in [7, 11) is 1.59. The predicted octanol–water partition coefficient (Wildman–Crippen LogP) is 2.22.